The molecule has 1 saturated heterocycles. The summed E-state index contributed by atoms with van der Waals surface area (Å²) in [6.07, 6.45) is 1.68. The van der Waals surface area contributed by atoms with Crippen LogP contribution in [0.1, 0.15) is 23.2 Å². The van der Waals surface area contributed by atoms with Crippen molar-refractivity contribution in [1.82, 2.24) is 4.90 Å². The van der Waals surface area contributed by atoms with Crippen LogP contribution in [-0.4, -0.2) is 42.7 Å². The van der Waals surface area contributed by atoms with E-state index in [0.717, 1.165) is 12.8 Å². The maximum atomic E-state index is 12.5. The predicted molar refractivity (Wildman–Crippen MR) is 73.1 cm³/mol. The first-order valence-corrected chi connectivity index (χ1v) is 6.50. The highest BCUT2D eigenvalue weighted by atomic mass is 16.5. The quantitative estimate of drug-likeness (QED) is 0.802. The van der Waals surface area contributed by atoms with E-state index in [1.165, 1.54) is 7.11 Å². The summed E-state index contributed by atoms with van der Waals surface area (Å²) in [5, 5.41) is 9.11. The molecule has 0 saturated carbocycles. The number of ether oxygens (including phenoxy) is 1. The molecule has 0 unspecified atom stereocenters. The lowest BCUT2D eigenvalue weighted by molar-refractivity contribution is 0.0648. The number of carbonyl (C=O) groups is 1. The zero-order chi connectivity index (χ0) is 13.8. The number of nitrogens with zero attached hydrogens (tertiary/aromatic N) is 1. The molecule has 0 bridgehead atoms. The predicted octanol–water partition coefficient (Wildman–Crippen LogP) is 1.12. The molecule has 1 heterocycles. The minimum Gasteiger partial charge on any atom is -0.494 e. The molecule has 1 aliphatic heterocycles. The monoisotopic (exact) mass is 264 g/mol. The molecule has 0 aromatic heterocycles. The van der Waals surface area contributed by atoms with Crippen molar-refractivity contribution in [1.29, 1.82) is 0 Å². The minimum atomic E-state index is -0.0551. The number of aliphatic hydroxyl groups is 1. The van der Waals surface area contributed by atoms with Crippen LogP contribution in [0, 0.1) is 5.92 Å². The lowest BCUT2D eigenvalue weighted by Crippen LogP contribution is -2.39. The molecule has 0 atom stereocenters. The molecule has 0 aliphatic carbocycles. The summed E-state index contributed by atoms with van der Waals surface area (Å²) in [7, 11) is 1.51. The highest BCUT2D eigenvalue weighted by Crippen LogP contribution is 2.28. The normalized spacial score (nSPS) is 16.4. The number of piperidine rings is 1. The number of amides is 1. The van der Waals surface area contributed by atoms with Gasteiger partial charge in [-0.15, -0.1) is 0 Å². The number of nitrogens with two attached hydrogens (primary N) is 1. The Balaban J connectivity index is 2.14. The Morgan fingerprint density at radius 2 is 2.16 bits per heavy atom. The number of benzene rings is 1. The Hall–Kier alpha value is -1.75. The number of hydrogen-bond acceptors (Lipinski definition) is 4. The fraction of sp³-hybridized carbons (Fsp3) is 0.500. The number of aliphatic hydroxyl groups excluding tert-OH is 1. The Bertz CT molecular complexity index is 454. The summed E-state index contributed by atoms with van der Waals surface area (Å²) in [6, 6.07) is 5.20. The lowest BCUT2D eigenvalue weighted by atomic mass is 9.97. The van der Waals surface area contributed by atoms with Crippen molar-refractivity contribution >= 4 is 11.6 Å². The summed E-state index contributed by atoms with van der Waals surface area (Å²) in [5.74, 6) is 0.698. The second-order valence-electron chi connectivity index (χ2n) is 4.85. The number of carbonyl (C=O) groups excluding carboxylic acids is 1. The van der Waals surface area contributed by atoms with Gasteiger partial charge < -0.3 is 20.5 Å². The lowest BCUT2D eigenvalue weighted by Gasteiger charge is -2.31. The standard InChI is InChI=1S/C14H20N2O3/c1-19-13-11(3-2-4-12(13)15)14(18)16-7-5-10(9-17)6-8-16/h2-4,10,17H,5-9,15H2,1H3. The van der Waals surface area contributed by atoms with Crippen LogP contribution in [-0.2, 0) is 0 Å². The van der Waals surface area contributed by atoms with E-state index >= 15 is 0 Å². The zero-order valence-electron chi connectivity index (χ0n) is 11.1. The molecule has 1 aliphatic rings. The van der Waals surface area contributed by atoms with E-state index in [1.807, 2.05) is 0 Å². The van der Waals surface area contributed by atoms with E-state index in [2.05, 4.69) is 0 Å². The van der Waals surface area contributed by atoms with Gasteiger partial charge in [0.15, 0.2) is 5.75 Å². The van der Waals surface area contributed by atoms with Gasteiger partial charge in [-0.1, -0.05) is 6.07 Å². The van der Waals surface area contributed by atoms with Gasteiger partial charge >= 0.3 is 0 Å². The number of anilines is 1. The van der Waals surface area contributed by atoms with Crippen LogP contribution in [0.25, 0.3) is 0 Å². The highest BCUT2D eigenvalue weighted by Gasteiger charge is 2.25. The summed E-state index contributed by atoms with van der Waals surface area (Å²) in [5.41, 5.74) is 6.79. The third-order valence-corrected chi connectivity index (χ3v) is 3.64. The van der Waals surface area contributed by atoms with Gasteiger partial charge in [-0.3, -0.25) is 4.79 Å². The molecular formula is C14H20N2O3. The second-order valence-corrected chi connectivity index (χ2v) is 4.85. The van der Waals surface area contributed by atoms with E-state index in [-0.39, 0.29) is 12.5 Å². The van der Waals surface area contributed by atoms with Gasteiger partial charge in [0.1, 0.15) is 0 Å². The molecule has 1 aromatic rings. The number of nitrogen functional groups attached to an aromatic ring is 1. The van der Waals surface area contributed by atoms with Crippen LogP contribution >= 0.6 is 0 Å². The van der Waals surface area contributed by atoms with Gasteiger partial charge in [0, 0.05) is 19.7 Å². The van der Waals surface area contributed by atoms with Crippen molar-refractivity contribution in [3.8, 4) is 5.75 Å². The topological polar surface area (TPSA) is 75.8 Å². The first kappa shape index (κ1) is 13.7. The van der Waals surface area contributed by atoms with E-state index in [9.17, 15) is 4.79 Å². The Morgan fingerprint density at radius 3 is 2.74 bits per heavy atom. The maximum absolute atomic E-state index is 12.5. The molecule has 19 heavy (non-hydrogen) atoms. The van der Waals surface area contributed by atoms with Crippen LogP contribution in [0.2, 0.25) is 0 Å². The van der Waals surface area contributed by atoms with Crippen molar-refractivity contribution in [2.24, 2.45) is 5.92 Å². The van der Waals surface area contributed by atoms with E-state index in [4.69, 9.17) is 15.6 Å². The van der Waals surface area contributed by atoms with Crippen LogP contribution in [0.15, 0.2) is 18.2 Å². The van der Waals surface area contributed by atoms with Crippen molar-refractivity contribution in [2.75, 3.05) is 32.5 Å². The molecule has 5 nitrogen and oxygen atoms in total. The largest absolute Gasteiger partial charge is 0.494 e. The molecule has 1 fully saturated rings. The zero-order valence-corrected chi connectivity index (χ0v) is 11.1. The van der Waals surface area contributed by atoms with Crippen LogP contribution in [0.5, 0.6) is 5.75 Å². The van der Waals surface area contributed by atoms with Crippen molar-refractivity contribution in [2.45, 2.75) is 12.8 Å². The third kappa shape index (κ3) is 2.81. The van der Waals surface area contributed by atoms with E-state index in [0.29, 0.717) is 36.0 Å². The summed E-state index contributed by atoms with van der Waals surface area (Å²) >= 11 is 0. The molecular weight excluding hydrogens is 244 g/mol. The van der Waals surface area contributed by atoms with E-state index in [1.54, 1.807) is 23.1 Å². The number of rotatable bonds is 3. The second kappa shape index (κ2) is 5.93. The summed E-state index contributed by atoms with van der Waals surface area (Å²) in [4.78, 5) is 14.2. The van der Waals surface area contributed by atoms with Crippen molar-refractivity contribution < 1.29 is 14.6 Å². The summed E-state index contributed by atoms with van der Waals surface area (Å²) in [6.45, 7) is 1.54. The van der Waals surface area contributed by atoms with Gasteiger partial charge in [0.25, 0.3) is 5.91 Å². The number of methoxy groups -OCH3 is 1. The third-order valence-electron chi connectivity index (χ3n) is 3.64. The smallest absolute Gasteiger partial charge is 0.257 e. The van der Waals surface area contributed by atoms with Gasteiger partial charge in [-0.2, -0.15) is 0 Å². The molecule has 3 N–H and O–H groups in total. The van der Waals surface area contributed by atoms with Crippen LogP contribution < -0.4 is 10.5 Å². The average Bonchev–Trinajstić information content (AvgIpc) is 2.46. The minimum absolute atomic E-state index is 0.0551. The van der Waals surface area contributed by atoms with Crippen LogP contribution in [0.3, 0.4) is 0 Å². The first-order chi connectivity index (χ1) is 9.17. The Morgan fingerprint density at radius 1 is 1.47 bits per heavy atom. The van der Waals surface area contributed by atoms with Crippen molar-refractivity contribution in [3.05, 3.63) is 23.8 Å². The molecule has 1 amide bonds. The van der Waals surface area contributed by atoms with Crippen LogP contribution in [0.4, 0.5) is 5.69 Å². The van der Waals surface area contributed by atoms with Gasteiger partial charge in [-0.25, -0.2) is 0 Å². The average molecular weight is 264 g/mol. The number of para-hydroxylation sites is 1. The van der Waals surface area contributed by atoms with E-state index < -0.39 is 0 Å². The van der Waals surface area contributed by atoms with Gasteiger partial charge in [0.05, 0.1) is 18.4 Å². The molecule has 5 heteroatoms. The Labute approximate surface area is 113 Å². The maximum Gasteiger partial charge on any atom is 0.257 e. The SMILES string of the molecule is COc1c(N)cccc1C(=O)N1CCC(CO)CC1. The molecule has 2 rings (SSSR count). The molecule has 1 aromatic carbocycles. The van der Waals surface area contributed by atoms with Gasteiger partial charge in [0.2, 0.25) is 0 Å². The summed E-state index contributed by atoms with van der Waals surface area (Å²) < 4.78 is 5.22. The Kier molecular flexibility index (Phi) is 4.27. The molecule has 0 spiro atoms. The molecule has 0 radical (unpaired) electrons. The number of likely N-dealkylation sites (tertiary alicyclic amines) is 1. The van der Waals surface area contributed by atoms with Gasteiger partial charge in [-0.05, 0) is 30.9 Å². The number of hydrogen-bond donors (Lipinski definition) is 2. The fourth-order valence-electron chi connectivity index (χ4n) is 2.44. The first-order valence-electron chi connectivity index (χ1n) is 6.50. The van der Waals surface area contributed by atoms with Crippen molar-refractivity contribution in [3.63, 3.8) is 0 Å². The fourth-order valence-corrected chi connectivity index (χ4v) is 2.44. The highest BCUT2D eigenvalue weighted by molar-refractivity contribution is 5.98. The molecule has 104 valence electrons.